The highest BCUT2D eigenvalue weighted by Crippen LogP contribution is 2.08. The van der Waals surface area contributed by atoms with Crippen molar-refractivity contribution < 1.29 is 19.8 Å². The van der Waals surface area contributed by atoms with Crippen molar-refractivity contribution in [1.29, 1.82) is 0 Å². The highest BCUT2D eigenvalue weighted by molar-refractivity contribution is 5.69. The third-order valence-electron chi connectivity index (χ3n) is 3.18. The molecule has 0 aliphatic carbocycles. The van der Waals surface area contributed by atoms with Crippen molar-refractivity contribution in [2.75, 3.05) is 0 Å². The van der Waals surface area contributed by atoms with Crippen molar-refractivity contribution in [2.24, 2.45) is 11.8 Å². The van der Waals surface area contributed by atoms with Gasteiger partial charge in [-0.05, 0) is 25.7 Å². The number of rotatable bonds is 10. The summed E-state index contributed by atoms with van der Waals surface area (Å²) in [5.74, 6) is -1.79. The number of unbranched alkanes of at least 4 members (excludes halogenated alkanes) is 2. The Kier molecular flexibility index (Phi) is 23.4. The maximum atomic E-state index is 10.3. The average molecular weight is 328 g/mol. The van der Waals surface area contributed by atoms with Crippen LogP contribution < -0.4 is 0 Å². The maximum absolute atomic E-state index is 10.3. The van der Waals surface area contributed by atoms with E-state index in [1.165, 1.54) is 0 Å². The molecule has 0 heterocycles. The summed E-state index contributed by atoms with van der Waals surface area (Å²) < 4.78 is 0. The zero-order chi connectivity index (χ0) is 18.7. The maximum Gasteiger partial charge on any atom is 0.306 e. The number of aliphatic carboxylic acids is 2. The monoisotopic (exact) mass is 328 g/mol. The van der Waals surface area contributed by atoms with Crippen LogP contribution in [0.4, 0.5) is 0 Å². The van der Waals surface area contributed by atoms with Crippen LogP contribution in [0, 0.1) is 11.8 Å². The lowest BCUT2D eigenvalue weighted by molar-refractivity contribution is -0.142. The number of carboxylic acids is 2. The molecule has 0 bridgehead atoms. The van der Waals surface area contributed by atoms with E-state index < -0.39 is 11.9 Å². The minimum absolute atomic E-state index is 0.161. The van der Waals surface area contributed by atoms with E-state index in [4.69, 9.17) is 10.2 Å². The number of hydrogen-bond acceptors (Lipinski definition) is 2. The Morgan fingerprint density at radius 3 is 1.65 bits per heavy atom. The van der Waals surface area contributed by atoms with Gasteiger partial charge in [0.1, 0.15) is 0 Å². The zero-order valence-electron chi connectivity index (χ0n) is 15.4. The van der Waals surface area contributed by atoms with Gasteiger partial charge < -0.3 is 10.2 Å². The fourth-order valence-corrected chi connectivity index (χ4v) is 1.32. The van der Waals surface area contributed by atoms with E-state index in [9.17, 15) is 9.59 Å². The molecule has 0 aromatic rings. The summed E-state index contributed by atoms with van der Waals surface area (Å²) in [7, 11) is 0. The highest BCUT2D eigenvalue weighted by atomic mass is 16.4. The standard InChI is InChI=1S/C8H16O2.C7H12O2.C4H8/c1-3-4-5-6-7(2)8(9)10;1-3-4-5-6(2)7(8)9;1-3-4-2/h7H,3-6H2,1-2H3,(H,9,10);3,6H,1,4-5H2,2H3,(H,8,9);3H,1,4H2,2H3. The van der Waals surface area contributed by atoms with Gasteiger partial charge in [-0.25, -0.2) is 0 Å². The molecule has 0 amide bonds. The van der Waals surface area contributed by atoms with Gasteiger partial charge in [-0.1, -0.05) is 59.1 Å². The summed E-state index contributed by atoms with van der Waals surface area (Å²) in [5, 5.41) is 16.9. The number of hydrogen-bond donors (Lipinski definition) is 2. The van der Waals surface area contributed by atoms with E-state index >= 15 is 0 Å². The second-order valence-electron chi connectivity index (χ2n) is 5.54. The number of carbonyl (C=O) groups is 2. The van der Waals surface area contributed by atoms with Gasteiger partial charge in [0.2, 0.25) is 0 Å². The van der Waals surface area contributed by atoms with Crippen LogP contribution in [0.25, 0.3) is 0 Å². The summed E-state index contributed by atoms with van der Waals surface area (Å²) in [5.41, 5.74) is 0. The molecule has 0 aromatic heterocycles. The van der Waals surface area contributed by atoms with Gasteiger partial charge in [-0.3, -0.25) is 9.59 Å². The molecule has 0 saturated heterocycles. The molecule has 4 nitrogen and oxygen atoms in total. The van der Waals surface area contributed by atoms with Gasteiger partial charge in [0.15, 0.2) is 0 Å². The van der Waals surface area contributed by atoms with Crippen molar-refractivity contribution in [1.82, 2.24) is 0 Å². The van der Waals surface area contributed by atoms with Crippen LogP contribution in [0.15, 0.2) is 25.3 Å². The highest BCUT2D eigenvalue weighted by Gasteiger charge is 2.08. The summed E-state index contributed by atoms with van der Waals surface area (Å²) >= 11 is 0. The molecule has 0 fully saturated rings. The van der Waals surface area contributed by atoms with Crippen molar-refractivity contribution >= 4 is 11.9 Å². The first-order chi connectivity index (χ1) is 10.8. The molecular weight excluding hydrogens is 292 g/mol. The van der Waals surface area contributed by atoms with E-state index in [1.807, 2.05) is 6.08 Å². The van der Waals surface area contributed by atoms with Crippen molar-refractivity contribution in [3.05, 3.63) is 25.3 Å². The smallest absolute Gasteiger partial charge is 0.306 e. The van der Waals surface area contributed by atoms with Crippen LogP contribution in [-0.4, -0.2) is 22.2 Å². The largest absolute Gasteiger partial charge is 0.481 e. The normalized spacial score (nSPS) is 11.7. The van der Waals surface area contributed by atoms with E-state index in [1.54, 1.807) is 19.9 Å². The van der Waals surface area contributed by atoms with E-state index in [-0.39, 0.29) is 11.8 Å². The molecular formula is C19H36O4. The molecule has 0 aliphatic rings. The van der Waals surface area contributed by atoms with E-state index in [2.05, 4.69) is 27.0 Å². The van der Waals surface area contributed by atoms with Crippen LogP contribution in [-0.2, 0) is 9.59 Å². The summed E-state index contributed by atoms with van der Waals surface area (Å²) in [6.45, 7) is 14.6. The first-order valence-electron chi connectivity index (χ1n) is 8.45. The van der Waals surface area contributed by atoms with Crippen LogP contribution in [0.1, 0.15) is 72.6 Å². The predicted octanol–water partition coefficient (Wildman–Crippen LogP) is 5.54. The lowest BCUT2D eigenvalue weighted by Gasteiger charge is -2.03. The topological polar surface area (TPSA) is 74.6 Å². The average Bonchev–Trinajstić information content (AvgIpc) is 2.53. The second kappa shape index (κ2) is 20.4. The lowest BCUT2D eigenvalue weighted by Crippen LogP contribution is -2.08. The van der Waals surface area contributed by atoms with Crippen molar-refractivity contribution in [2.45, 2.75) is 72.6 Å². The predicted molar refractivity (Wildman–Crippen MR) is 97.7 cm³/mol. The van der Waals surface area contributed by atoms with Gasteiger partial charge in [0.25, 0.3) is 0 Å². The van der Waals surface area contributed by atoms with Gasteiger partial charge >= 0.3 is 11.9 Å². The molecule has 0 radical (unpaired) electrons. The Balaban J connectivity index is -0.000000284. The van der Waals surface area contributed by atoms with Crippen molar-refractivity contribution in [3.8, 4) is 0 Å². The Morgan fingerprint density at radius 1 is 0.913 bits per heavy atom. The van der Waals surface area contributed by atoms with Gasteiger partial charge in [-0.15, -0.1) is 13.2 Å². The SMILES string of the molecule is C=CCC.C=CCCC(C)C(=O)O.CCCCCC(C)C(=O)O. The molecule has 4 heteroatoms. The molecule has 2 unspecified atom stereocenters. The fourth-order valence-electron chi connectivity index (χ4n) is 1.32. The summed E-state index contributed by atoms with van der Waals surface area (Å²) in [4.78, 5) is 20.5. The van der Waals surface area contributed by atoms with Crippen molar-refractivity contribution in [3.63, 3.8) is 0 Å². The molecule has 0 rings (SSSR count). The fraction of sp³-hybridized carbons (Fsp3) is 0.684. The third kappa shape index (κ3) is 25.7. The first kappa shape index (κ1) is 26.3. The first-order valence-corrected chi connectivity index (χ1v) is 8.45. The molecule has 0 spiro atoms. The quantitative estimate of drug-likeness (QED) is 0.407. The Bertz CT molecular complexity index is 310. The second-order valence-corrected chi connectivity index (χ2v) is 5.54. The summed E-state index contributed by atoms with van der Waals surface area (Å²) in [6, 6.07) is 0. The van der Waals surface area contributed by atoms with Gasteiger partial charge in [0, 0.05) is 0 Å². The van der Waals surface area contributed by atoms with Crippen LogP contribution in [0.2, 0.25) is 0 Å². The number of carboxylic acid groups (broad SMARTS) is 2. The van der Waals surface area contributed by atoms with Crippen LogP contribution in [0.5, 0.6) is 0 Å². The van der Waals surface area contributed by atoms with Gasteiger partial charge in [-0.2, -0.15) is 0 Å². The van der Waals surface area contributed by atoms with E-state index in [0.29, 0.717) is 6.42 Å². The minimum Gasteiger partial charge on any atom is -0.481 e. The molecule has 0 saturated carbocycles. The number of allylic oxidation sites excluding steroid dienone is 2. The third-order valence-corrected chi connectivity index (χ3v) is 3.18. The van der Waals surface area contributed by atoms with Crippen LogP contribution >= 0.6 is 0 Å². The molecule has 136 valence electrons. The zero-order valence-corrected chi connectivity index (χ0v) is 15.4. The Hall–Kier alpha value is -1.58. The van der Waals surface area contributed by atoms with E-state index in [0.717, 1.165) is 38.5 Å². The minimum atomic E-state index is -0.725. The lowest BCUT2D eigenvalue weighted by atomic mass is 10.0. The van der Waals surface area contributed by atoms with Crippen LogP contribution in [0.3, 0.4) is 0 Å². The summed E-state index contributed by atoms with van der Waals surface area (Å²) in [6.07, 6.45) is 10.4. The van der Waals surface area contributed by atoms with Gasteiger partial charge in [0.05, 0.1) is 11.8 Å². The molecule has 2 N–H and O–H groups in total. The molecule has 2 atom stereocenters. The Labute approximate surface area is 142 Å². The molecule has 23 heavy (non-hydrogen) atoms. The molecule has 0 aliphatic heterocycles. The molecule has 0 aromatic carbocycles. The Morgan fingerprint density at radius 2 is 1.35 bits per heavy atom.